The molecular weight excluding hydrogens is 140 g/mol. The van der Waals surface area contributed by atoms with E-state index in [2.05, 4.69) is 9.97 Å². The van der Waals surface area contributed by atoms with E-state index in [9.17, 15) is 4.79 Å². The van der Waals surface area contributed by atoms with E-state index in [1.807, 2.05) is 0 Å². The van der Waals surface area contributed by atoms with Gasteiger partial charge in [-0.3, -0.25) is 4.79 Å². The Morgan fingerprint density at radius 3 is 3.00 bits per heavy atom. The summed E-state index contributed by atoms with van der Waals surface area (Å²) in [5.41, 5.74) is 1.64. The summed E-state index contributed by atoms with van der Waals surface area (Å²) in [6, 6.07) is 1.78. The zero-order valence-electron chi connectivity index (χ0n) is 6.14. The van der Waals surface area contributed by atoms with Crippen LogP contribution in [0, 0.1) is 6.92 Å². The molecule has 3 nitrogen and oxygen atoms in total. The van der Waals surface area contributed by atoms with E-state index >= 15 is 0 Å². The van der Waals surface area contributed by atoms with Gasteiger partial charge in [0, 0.05) is 18.0 Å². The minimum absolute atomic E-state index is 0.0972. The van der Waals surface area contributed by atoms with Crippen LogP contribution in [0.25, 0.3) is 11.0 Å². The molecule has 2 rings (SSSR count). The minimum Gasteiger partial charge on any atom is -0.348 e. The van der Waals surface area contributed by atoms with Crippen molar-refractivity contribution in [2.75, 3.05) is 0 Å². The SMILES string of the molecule is Cc1c[nH]c2[nH]ccc2c1=O. The van der Waals surface area contributed by atoms with Crippen molar-refractivity contribution in [3.8, 4) is 0 Å². The first-order valence-electron chi connectivity index (χ1n) is 3.44. The normalized spacial score (nSPS) is 10.6. The molecule has 0 bridgehead atoms. The standard InChI is InChI=1S/C8H8N2O/c1-5-4-10-8-6(7(5)11)2-3-9-8/h2-4H,1H3,(H2,9,10,11). The predicted molar refractivity (Wildman–Crippen MR) is 43.7 cm³/mol. The van der Waals surface area contributed by atoms with Gasteiger partial charge in [-0.15, -0.1) is 0 Å². The van der Waals surface area contributed by atoms with E-state index in [0.717, 1.165) is 16.6 Å². The molecule has 0 aliphatic rings. The molecule has 0 unspecified atom stereocenters. The summed E-state index contributed by atoms with van der Waals surface area (Å²) in [4.78, 5) is 17.3. The van der Waals surface area contributed by atoms with E-state index < -0.39 is 0 Å². The number of aromatic nitrogens is 2. The molecule has 0 aromatic carbocycles. The molecule has 11 heavy (non-hydrogen) atoms. The van der Waals surface area contributed by atoms with Crippen molar-refractivity contribution < 1.29 is 0 Å². The molecule has 2 N–H and O–H groups in total. The average molecular weight is 148 g/mol. The lowest BCUT2D eigenvalue weighted by atomic mass is 10.2. The molecule has 0 aliphatic heterocycles. The number of aryl methyl sites for hydroxylation is 1. The third-order valence-corrected chi connectivity index (χ3v) is 1.78. The van der Waals surface area contributed by atoms with E-state index in [1.54, 1.807) is 25.4 Å². The van der Waals surface area contributed by atoms with Crippen molar-refractivity contribution in [3.05, 3.63) is 34.2 Å². The third-order valence-electron chi connectivity index (χ3n) is 1.78. The van der Waals surface area contributed by atoms with Crippen molar-refractivity contribution >= 4 is 11.0 Å². The predicted octanol–water partition coefficient (Wildman–Crippen LogP) is 1.16. The van der Waals surface area contributed by atoms with Crippen LogP contribution in [0.4, 0.5) is 0 Å². The van der Waals surface area contributed by atoms with E-state index in [0.29, 0.717) is 0 Å². The van der Waals surface area contributed by atoms with Gasteiger partial charge in [-0.1, -0.05) is 0 Å². The van der Waals surface area contributed by atoms with Crippen LogP contribution in [0.2, 0.25) is 0 Å². The van der Waals surface area contributed by atoms with Gasteiger partial charge in [-0.25, -0.2) is 0 Å². The molecular formula is C8H8N2O. The third kappa shape index (κ3) is 0.774. The molecule has 0 saturated heterocycles. The maximum atomic E-state index is 11.3. The van der Waals surface area contributed by atoms with Crippen LogP contribution in [0.15, 0.2) is 23.3 Å². The Morgan fingerprint density at radius 1 is 1.36 bits per heavy atom. The topological polar surface area (TPSA) is 48.6 Å². The minimum atomic E-state index is 0.0972. The van der Waals surface area contributed by atoms with Crippen molar-refractivity contribution in [1.29, 1.82) is 0 Å². The summed E-state index contributed by atoms with van der Waals surface area (Å²) in [7, 11) is 0. The summed E-state index contributed by atoms with van der Waals surface area (Å²) >= 11 is 0. The number of hydrogen-bond acceptors (Lipinski definition) is 1. The molecule has 3 heteroatoms. The lowest BCUT2D eigenvalue weighted by Gasteiger charge is -1.91. The quantitative estimate of drug-likeness (QED) is 0.578. The van der Waals surface area contributed by atoms with Gasteiger partial charge >= 0.3 is 0 Å². The lowest BCUT2D eigenvalue weighted by molar-refractivity contribution is 1.26. The maximum absolute atomic E-state index is 11.3. The summed E-state index contributed by atoms with van der Waals surface area (Å²) in [5, 5.41) is 0.727. The maximum Gasteiger partial charge on any atom is 0.193 e. The number of rotatable bonds is 0. The number of aromatic amines is 2. The highest BCUT2D eigenvalue weighted by atomic mass is 16.1. The number of nitrogens with one attached hydrogen (secondary N) is 2. The second-order valence-corrected chi connectivity index (χ2v) is 2.57. The van der Waals surface area contributed by atoms with Crippen LogP contribution in [-0.2, 0) is 0 Å². The van der Waals surface area contributed by atoms with E-state index in [1.165, 1.54) is 0 Å². The Labute approximate surface area is 63.1 Å². The smallest absolute Gasteiger partial charge is 0.193 e. The highest BCUT2D eigenvalue weighted by Crippen LogP contribution is 2.03. The zero-order chi connectivity index (χ0) is 7.84. The van der Waals surface area contributed by atoms with Crippen molar-refractivity contribution in [2.24, 2.45) is 0 Å². The van der Waals surface area contributed by atoms with Crippen LogP contribution in [-0.4, -0.2) is 9.97 Å². The Morgan fingerprint density at radius 2 is 2.18 bits per heavy atom. The molecule has 0 atom stereocenters. The fourth-order valence-electron chi connectivity index (χ4n) is 1.14. The average Bonchev–Trinajstić information content (AvgIpc) is 2.45. The molecule has 0 fully saturated rings. The Balaban J connectivity index is 3.05. The zero-order valence-corrected chi connectivity index (χ0v) is 6.14. The second-order valence-electron chi connectivity index (χ2n) is 2.57. The molecule has 2 heterocycles. The number of H-pyrrole nitrogens is 2. The first-order valence-corrected chi connectivity index (χ1v) is 3.44. The number of fused-ring (bicyclic) bond motifs is 1. The van der Waals surface area contributed by atoms with Gasteiger partial charge in [0.25, 0.3) is 0 Å². The Kier molecular flexibility index (Phi) is 1.12. The molecule has 0 amide bonds. The van der Waals surface area contributed by atoms with Gasteiger partial charge in [-0.05, 0) is 13.0 Å². The van der Waals surface area contributed by atoms with Gasteiger partial charge in [0.1, 0.15) is 5.65 Å². The summed E-state index contributed by atoms with van der Waals surface area (Å²) in [6.07, 6.45) is 3.46. The van der Waals surface area contributed by atoms with E-state index in [-0.39, 0.29) is 5.43 Å². The van der Waals surface area contributed by atoms with Gasteiger partial charge in [0.2, 0.25) is 0 Å². The van der Waals surface area contributed by atoms with Crippen LogP contribution in [0.1, 0.15) is 5.56 Å². The summed E-state index contributed by atoms with van der Waals surface area (Å²) in [5.74, 6) is 0. The summed E-state index contributed by atoms with van der Waals surface area (Å²) in [6.45, 7) is 1.80. The van der Waals surface area contributed by atoms with Gasteiger partial charge < -0.3 is 9.97 Å². The highest BCUT2D eigenvalue weighted by molar-refractivity contribution is 5.75. The first kappa shape index (κ1) is 6.22. The van der Waals surface area contributed by atoms with Crippen LogP contribution < -0.4 is 5.43 Å². The summed E-state index contributed by atoms with van der Waals surface area (Å²) < 4.78 is 0. The molecule has 0 spiro atoms. The van der Waals surface area contributed by atoms with Crippen LogP contribution in [0.3, 0.4) is 0 Å². The molecule has 56 valence electrons. The highest BCUT2D eigenvalue weighted by Gasteiger charge is 1.99. The largest absolute Gasteiger partial charge is 0.348 e. The van der Waals surface area contributed by atoms with Crippen molar-refractivity contribution in [3.63, 3.8) is 0 Å². The molecule has 2 aromatic rings. The molecule has 0 radical (unpaired) electrons. The second kappa shape index (κ2) is 1.99. The first-order chi connectivity index (χ1) is 5.29. The fourth-order valence-corrected chi connectivity index (χ4v) is 1.14. The van der Waals surface area contributed by atoms with Crippen LogP contribution in [0.5, 0.6) is 0 Å². The monoisotopic (exact) mass is 148 g/mol. The van der Waals surface area contributed by atoms with Gasteiger partial charge in [-0.2, -0.15) is 0 Å². The van der Waals surface area contributed by atoms with E-state index in [4.69, 9.17) is 0 Å². The number of pyridine rings is 1. The van der Waals surface area contributed by atoms with Gasteiger partial charge in [0.05, 0.1) is 5.39 Å². The van der Waals surface area contributed by atoms with Gasteiger partial charge in [0.15, 0.2) is 5.43 Å². The number of hydrogen-bond donors (Lipinski definition) is 2. The molecule has 0 saturated carbocycles. The Hall–Kier alpha value is -1.51. The fraction of sp³-hybridized carbons (Fsp3) is 0.125. The molecule has 2 aromatic heterocycles. The van der Waals surface area contributed by atoms with Crippen molar-refractivity contribution in [1.82, 2.24) is 9.97 Å². The van der Waals surface area contributed by atoms with Crippen LogP contribution >= 0.6 is 0 Å². The Bertz CT molecular complexity index is 439. The molecule has 0 aliphatic carbocycles. The van der Waals surface area contributed by atoms with Crippen molar-refractivity contribution in [2.45, 2.75) is 6.92 Å². The lowest BCUT2D eigenvalue weighted by Crippen LogP contribution is -2.04.